The molecule has 1 heterocycles. The van der Waals surface area contributed by atoms with Crippen LogP contribution in [0.2, 0.25) is 5.02 Å². The second-order valence-electron chi connectivity index (χ2n) is 8.93. The number of sulfonamides is 1. The number of fused-ring (bicyclic) bond motifs is 1. The highest BCUT2D eigenvalue weighted by Gasteiger charge is 2.49. The van der Waals surface area contributed by atoms with Gasteiger partial charge in [0.2, 0.25) is 0 Å². The first-order chi connectivity index (χ1) is 14.1. The summed E-state index contributed by atoms with van der Waals surface area (Å²) in [4.78, 5) is 0.311. The molecule has 3 aromatic rings. The number of benzene rings is 3. The van der Waals surface area contributed by atoms with Crippen LogP contribution in [0.1, 0.15) is 43.9 Å². The summed E-state index contributed by atoms with van der Waals surface area (Å²) < 4.78 is 29.2. The zero-order valence-corrected chi connectivity index (χ0v) is 19.3. The first kappa shape index (κ1) is 21.0. The number of para-hydroxylation sites is 1. The van der Waals surface area contributed by atoms with Gasteiger partial charge in [0, 0.05) is 10.4 Å². The van der Waals surface area contributed by atoms with Gasteiger partial charge in [-0.25, -0.2) is 8.42 Å². The van der Waals surface area contributed by atoms with Crippen LogP contribution in [-0.2, 0) is 15.4 Å². The fourth-order valence-corrected chi connectivity index (χ4v) is 6.77. The maximum Gasteiger partial charge on any atom is 0.264 e. The lowest BCUT2D eigenvalue weighted by Gasteiger charge is -2.51. The highest BCUT2D eigenvalue weighted by molar-refractivity contribution is 7.93. The van der Waals surface area contributed by atoms with Crippen LogP contribution in [0.5, 0.6) is 0 Å². The summed E-state index contributed by atoms with van der Waals surface area (Å²) >= 11 is 6.13. The average molecular weight is 440 g/mol. The number of anilines is 1. The molecule has 0 bridgehead atoms. The Labute approximate surface area is 184 Å². The highest BCUT2D eigenvalue weighted by Crippen LogP contribution is 2.52. The van der Waals surface area contributed by atoms with Crippen molar-refractivity contribution < 1.29 is 8.42 Å². The summed E-state index contributed by atoms with van der Waals surface area (Å²) in [6.07, 6.45) is 0.643. The molecule has 1 aliphatic rings. The summed E-state index contributed by atoms with van der Waals surface area (Å²) in [5.74, 6) is 0. The number of aryl methyl sites for hydroxylation is 1. The largest absolute Gasteiger partial charge is 0.264 e. The van der Waals surface area contributed by atoms with Gasteiger partial charge in [0.15, 0.2) is 0 Å². The van der Waals surface area contributed by atoms with Gasteiger partial charge >= 0.3 is 0 Å². The zero-order chi connectivity index (χ0) is 21.7. The molecule has 3 aromatic carbocycles. The van der Waals surface area contributed by atoms with Crippen LogP contribution in [0.4, 0.5) is 5.69 Å². The Hall–Kier alpha value is -2.30. The van der Waals surface area contributed by atoms with Crippen molar-refractivity contribution in [3.63, 3.8) is 0 Å². The molecule has 0 saturated heterocycles. The Morgan fingerprint density at radius 3 is 2.10 bits per heavy atom. The molecule has 0 spiro atoms. The topological polar surface area (TPSA) is 37.4 Å². The van der Waals surface area contributed by atoms with Gasteiger partial charge in [0.1, 0.15) is 0 Å². The summed E-state index contributed by atoms with van der Waals surface area (Å²) in [7, 11) is -3.73. The van der Waals surface area contributed by atoms with E-state index in [0.717, 1.165) is 22.4 Å². The molecule has 156 valence electrons. The fourth-order valence-electron chi connectivity index (χ4n) is 4.82. The van der Waals surface area contributed by atoms with Crippen LogP contribution in [0, 0.1) is 6.92 Å². The maximum absolute atomic E-state index is 13.8. The third kappa shape index (κ3) is 3.32. The molecule has 5 heteroatoms. The Morgan fingerprint density at radius 2 is 1.47 bits per heavy atom. The van der Waals surface area contributed by atoms with Gasteiger partial charge in [0.05, 0.1) is 16.1 Å². The van der Waals surface area contributed by atoms with Gasteiger partial charge in [-0.1, -0.05) is 66.6 Å². The normalized spacial score (nSPS) is 20.6. The highest BCUT2D eigenvalue weighted by atomic mass is 35.5. The number of rotatable bonds is 3. The Bertz CT molecular complexity index is 1180. The molecule has 0 aromatic heterocycles. The maximum atomic E-state index is 13.8. The van der Waals surface area contributed by atoms with Crippen molar-refractivity contribution in [1.29, 1.82) is 0 Å². The van der Waals surface area contributed by atoms with Crippen molar-refractivity contribution in [3.05, 3.63) is 94.5 Å². The van der Waals surface area contributed by atoms with E-state index in [1.165, 1.54) is 0 Å². The van der Waals surface area contributed by atoms with Gasteiger partial charge in [-0.05, 0) is 68.7 Å². The summed E-state index contributed by atoms with van der Waals surface area (Å²) in [5, 5.41) is 0.689. The molecule has 1 atom stereocenters. The smallest absolute Gasteiger partial charge is 0.260 e. The molecule has 0 N–H and O–H groups in total. The van der Waals surface area contributed by atoms with E-state index < -0.39 is 15.6 Å². The van der Waals surface area contributed by atoms with E-state index >= 15 is 0 Å². The molecule has 4 rings (SSSR count). The van der Waals surface area contributed by atoms with E-state index in [9.17, 15) is 8.42 Å². The second-order valence-corrected chi connectivity index (χ2v) is 11.2. The minimum Gasteiger partial charge on any atom is -0.260 e. The van der Waals surface area contributed by atoms with Gasteiger partial charge in [-0.3, -0.25) is 4.31 Å². The summed E-state index contributed by atoms with van der Waals surface area (Å²) in [6.45, 7) is 8.15. The van der Waals surface area contributed by atoms with Gasteiger partial charge < -0.3 is 0 Å². The molecule has 3 nitrogen and oxygen atoms in total. The van der Waals surface area contributed by atoms with Crippen molar-refractivity contribution in [2.45, 2.75) is 50.0 Å². The van der Waals surface area contributed by atoms with Crippen LogP contribution in [0.15, 0.2) is 77.7 Å². The molecule has 0 aliphatic carbocycles. The third-order valence-corrected chi connectivity index (χ3v) is 8.39. The van der Waals surface area contributed by atoms with Crippen molar-refractivity contribution in [2.75, 3.05) is 4.31 Å². The average Bonchev–Trinajstić information content (AvgIpc) is 2.68. The van der Waals surface area contributed by atoms with E-state index in [1.807, 2.05) is 81.4 Å². The van der Waals surface area contributed by atoms with Gasteiger partial charge in [-0.2, -0.15) is 0 Å². The zero-order valence-electron chi connectivity index (χ0n) is 17.7. The fraction of sp³-hybridized carbons (Fsp3) is 0.280. The van der Waals surface area contributed by atoms with Crippen LogP contribution in [-0.4, -0.2) is 14.0 Å². The van der Waals surface area contributed by atoms with E-state index in [1.54, 1.807) is 16.4 Å². The predicted octanol–water partition coefficient (Wildman–Crippen LogP) is 6.33. The van der Waals surface area contributed by atoms with Crippen LogP contribution >= 0.6 is 11.6 Å². The Morgan fingerprint density at radius 1 is 0.867 bits per heavy atom. The van der Waals surface area contributed by atoms with Crippen molar-refractivity contribution >= 4 is 27.3 Å². The number of halogens is 1. The van der Waals surface area contributed by atoms with E-state index in [0.29, 0.717) is 16.3 Å². The lowest BCUT2D eigenvalue weighted by atomic mass is 9.66. The van der Waals surface area contributed by atoms with Gasteiger partial charge in [0.25, 0.3) is 10.0 Å². The first-order valence-corrected chi connectivity index (χ1v) is 11.9. The van der Waals surface area contributed by atoms with Gasteiger partial charge in [-0.15, -0.1) is 0 Å². The molecule has 1 unspecified atom stereocenters. The molecule has 0 fully saturated rings. The Kier molecular flexibility index (Phi) is 4.99. The first-order valence-electron chi connectivity index (χ1n) is 10.0. The predicted molar refractivity (Wildman–Crippen MR) is 124 cm³/mol. The summed E-state index contributed by atoms with van der Waals surface area (Å²) in [5.41, 5.74) is 2.91. The van der Waals surface area contributed by atoms with E-state index in [2.05, 4.69) is 6.92 Å². The molecule has 0 radical (unpaired) electrons. The molecule has 1 aliphatic heterocycles. The Balaban J connectivity index is 1.93. The quantitative estimate of drug-likeness (QED) is 0.478. The molecule has 0 amide bonds. The van der Waals surface area contributed by atoms with Crippen LogP contribution in [0.25, 0.3) is 0 Å². The molecular formula is C25H26ClNO2S. The standard InChI is InChI=1S/C25H26ClNO2S/c1-18-9-15-21(16-10-18)30(28,29)27-23-8-6-5-7-22(23)25(4,17-24(27,2)3)19-11-13-20(26)14-12-19/h5-16H,17H2,1-4H3. The number of nitrogens with zero attached hydrogens (tertiary/aromatic N) is 1. The van der Waals surface area contributed by atoms with Crippen molar-refractivity contribution in [3.8, 4) is 0 Å². The minimum absolute atomic E-state index is 0.311. The van der Waals surface area contributed by atoms with Crippen molar-refractivity contribution in [1.82, 2.24) is 0 Å². The third-order valence-electron chi connectivity index (χ3n) is 6.09. The number of hydrogen-bond acceptors (Lipinski definition) is 2. The van der Waals surface area contributed by atoms with Crippen molar-refractivity contribution in [2.24, 2.45) is 0 Å². The summed E-state index contributed by atoms with van der Waals surface area (Å²) in [6, 6.07) is 22.8. The van der Waals surface area contributed by atoms with Crippen LogP contribution < -0.4 is 4.31 Å². The number of hydrogen-bond donors (Lipinski definition) is 0. The lowest BCUT2D eigenvalue weighted by Crippen LogP contribution is -2.55. The minimum atomic E-state index is -3.73. The molecule has 30 heavy (non-hydrogen) atoms. The lowest BCUT2D eigenvalue weighted by molar-refractivity contribution is 0.351. The molecular weight excluding hydrogens is 414 g/mol. The van der Waals surface area contributed by atoms with E-state index in [4.69, 9.17) is 11.6 Å². The monoisotopic (exact) mass is 439 g/mol. The SMILES string of the molecule is Cc1ccc(S(=O)(=O)N2c3ccccc3C(C)(c3ccc(Cl)cc3)CC2(C)C)cc1. The second kappa shape index (κ2) is 7.14. The van der Waals surface area contributed by atoms with E-state index in [-0.39, 0.29) is 5.41 Å². The molecule has 0 saturated carbocycles. The van der Waals surface area contributed by atoms with Crippen LogP contribution in [0.3, 0.4) is 0 Å².